The Bertz CT molecular complexity index is 358. The van der Waals surface area contributed by atoms with Crippen LogP contribution < -0.4 is 5.32 Å². The maximum absolute atomic E-state index is 3.54. The molecule has 0 aliphatic carbocycles. The fourth-order valence-corrected chi connectivity index (χ4v) is 2.23. The largest absolute Gasteiger partial charge is 0.384 e. The van der Waals surface area contributed by atoms with Crippen LogP contribution in [0.5, 0.6) is 0 Å². The first kappa shape index (κ1) is 9.28. The molecule has 1 aromatic carbocycles. The van der Waals surface area contributed by atoms with E-state index in [4.69, 9.17) is 0 Å². The molecule has 0 spiro atoms. The van der Waals surface area contributed by atoms with Crippen molar-refractivity contribution in [1.82, 2.24) is 5.32 Å². The second kappa shape index (κ2) is 3.84. The van der Waals surface area contributed by atoms with Crippen molar-refractivity contribution in [2.45, 2.75) is 6.42 Å². The van der Waals surface area contributed by atoms with Crippen LogP contribution in [0.1, 0.15) is 12.0 Å². The van der Waals surface area contributed by atoms with Crippen molar-refractivity contribution in [3.05, 3.63) is 38.8 Å². The molecule has 1 aliphatic rings. The zero-order chi connectivity index (χ0) is 9.26. The molecule has 3 heteroatoms. The summed E-state index contributed by atoms with van der Waals surface area (Å²) in [5.74, 6) is 0. The van der Waals surface area contributed by atoms with E-state index in [2.05, 4.69) is 55.4 Å². The van der Waals surface area contributed by atoms with E-state index in [9.17, 15) is 0 Å². The molecule has 0 fully saturated rings. The maximum atomic E-state index is 3.54. The summed E-state index contributed by atoms with van der Waals surface area (Å²) in [6.07, 6.45) is 3.35. The third-order valence-corrected chi connectivity index (χ3v) is 3.21. The molecule has 13 heavy (non-hydrogen) atoms. The Morgan fingerprint density at radius 1 is 1.23 bits per heavy atom. The van der Waals surface area contributed by atoms with Gasteiger partial charge < -0.3 is 5.32 Å². The van der Waals surface area contributed by atoms with E-state index in [1.807, 2.05) is 6.07 Å². The highest BCUT2D eigenvalue weighted by molar-refractivity contribution is 9.11. The molecule has 1 nitrogen and oxygen atoms in total. The van der Waals surface area contributed by atoms with Gasteiger partial charge in [0, 0.05) is 26.8 Å². The van der Waals surface area contributed by atoms with E-state index >= 15 is 0 Å². The molecular weight excluding hydrogens is 294 g/mol. The average molecular weight is 303 g/mol. The minimum atomic E-state index is 1.05. The van der Waals surface area contributed by atoms with E-state index in [1.54, 1.807) is 0 Å². The Kier molecular flexibility index (Phi) is 2.74. The molecule has 0 atom stereocenters. The summed E-state index contributed by atoms with van der Waals surface area (Å²) in [6.45, 7) is 1.05. The first-order valence-corrected chi connectivity index (χ1v) is 5.75. The first-order chi connectivity index (χ1) is 6.27. The van der Waals surface area contributed by atoms with Gasteiger partial charge in [-0.3, -0.25) is 0 Å². The molecule has 0 saturated heterocycles. The third-order valence-electron chi connectivity index (χ3n) is 2.03. The van der Waals surface area contributed by atoms with Gasteiger partial charge in [0.05, 0.1) is 0 Å². The van der Waals surface area contributed by atoms with Crippen molar-refractivity contribution < 1.29 is 0 Å². The Morgan fingerprint density at radius 2 is 2.08 bits per heavy atom. The van der Waals surface area contributed by atoms with Gasteiger partial charge in [-0.1, -0.05) is 37.9 Å². The van der Waals surface area contributed by atoms with Crippen LogP contribution in [0.2, 0.25) is 0 Å². The highest BCUT2D eigenvalue weighted by Crippen LogP contribution is 2.27. The van der Waals surface area contributed by atoms with Crippen molar-refractivity contribution in [2.24, 2.45) is 0 Å². The second-order valence-corrected chi connectivity index (χ2v) is 4.73. The van der Waals surface area contributed by atoms with Gasteiger partial charge >= 0.3 is 0 Å². The van der Waals surface area contributed by atoms with Crippen LogP contribution in [0.25, 0.3) is 5.70 Å². The fourth-order valence-electron chi connectivity index (χ4n) is 1.40. The van der Waals surface area contributed by atoms with Crippen LogP contribution in [0.3, 0.4) is 0 Å². The van der Waals surface area contributed by atoms with Crippen LogP contribution in [0, 0.1) is 0 Å². The van der Waals surface area contributed by atoms with Crippen LogP contribution >= 0.6 is 31.9 Å². The smallest absolute Gasteiger partial charge is 0.0385 e. The molecular formula is C10H9Br2N. The average Bonchev–Trinajstić information content (AvgIpc) is 2.61. The van der Waals surface area contributed by atoms with Crippen molar-refractivity contribution in [3.8, 4) is 0 Å². The third kappa shape index (κ3) is 1.97. The van der Waals surface area contributed by atoms with Crippen molar-refractivity contribution in [3.63, 3.8) is 0 Å². The van der Waals surface area contributed by atoms with Crippen LogP contribution in [0.4, 0.5) is 0 Å². The van der Waals surface area contributed by atoms with E-state index in [0.29, 0.717) is 0 Å². The number of benzene rings is 1. The molecule has 1 N–H and O–H groups in total. The second-order valence-electron chi connectivity index (χ2n) is 2.96. The van der Waals surface area contributed by atoms with Crippen molar-refractivity contribution >= 4 is 37.6 Å². The molecule has 0 saturated carbocycles. The van der Waals surface area contributed by atoms with Crippen molar-refractivity contribution in [1.29, 1.82) is 0 Å². The molecule has 0 unspecified atom stereocenters. The van der Waals surface area contributed by atoms with Gasteiger partial charge in [-0.05, 0) is 24.6 Å². The monoisotopic (exact) mass is 301 g/mol. The fraction of sp³-hybridized carbons (Fsp3) is 0.200. The number of halogens is 2. The Hall–Kier alpha value is -0.280. The molecule has 2 rings (SSSR count). The predicted molar refractivity (Wildman–Crippen MR) is 62.4 cm³/mol. The Labute approximate surface area is 94.5 Å². The van der Waals surface area contributed by atoms with E-state index in [1.165, 1.54) is 11.3 Å². The van der Waals surface area contributed by atoms with Crippen LogP contribution in [0.15, 0.2) is 33.2 Å². The maximum Gasteiger partial charge on any atom is 0.0385 e. The molecule has 68 valence electrons. The molecule has 1 heterocycles. The zero-order valence-electron chi connectivity index (χ0n) is 6.98. The minimum Gasteiger partial charge on any atom is -0.384 e. The topological polar surface area (TPSA) is 12.0 Å². The van der Waals surface area contributed by atoms with E-state index in [0.717, 1.165) is 21.9 Å². The number of nitrogens with one attached hydrogen (secondary N) is 1. The summed E-state index contributed by atoms with van der Waals surface area (Å²) in [6, 6.07) is 6.21. The van der Waals surface area contributed by atoms with Gasteiger partial charge in [-0.15, -0.1) is 0 Å². The lowest BCUT2D eigenvalue weighted by Crippen LogP contribution is -2.06. The summed E-state index contributed by atoms with van der Waals surface area (Å²) in [5.41, 5.74) is 2.46. The lowest BCUT2D eigenvalue weighted by atomic mass is 10.1. The molecule has 1 aliphatic heterocycles. The summed E-state index contributed by atoms with van der Waals surface area (Å²) in [4.78, 5) is 0. The number of hydrogen-bond acceptors (Lipinski definition) is 1. The number of rotatable bonds is 1. The van der Waals surface area contributed by atoms with Gasteiger partial charge in [0.15, 0.2) is 0 Å². The van der Waals surface area contributed by atoms with E-state index in [-0.39, 0.29) is 0 Å². The predicted octanol–water partition coefficient (Wildman–Crippen LogP) is 3.55. The Balaban J connectivity index is 2.43. The highest BCUT2D eigenvalue weighted by atomic mass is 79.9. The lowest BCUT2D eigenvalue weighted by Gasteiger charge is -2.07. The summed E-state index contributed by atoms with van der Waals surface area (Å²) in [5, 5.41) is 3.35. The minimum absolute atomic E-state index is 1.05. The van der Waals surface area contributed by atoms with Gasteiger partial charge in [0.2, 0.25) is 0 Å². The highest BCUT2D eigenvalue weighted by Gasteiger charge is 2.09. The van der Waals surface area contributed by atoms with Gasteiger partial charge in [-0.25, -0.2) is 0 Å². The lowest BCUT2D eigenvalue weighted by molar-refractivity contribution is 0.927. The first-order valence-electron chi connectivity index (χ1n) is 4.17. The van der Waals surface area contributed by atoms with Crippen LogP contribution in [-0.4, -0.2) is 6.54 Å². The molecule has 0 amide bonds. The molecule has 0 radical (unpaired) electrons. The summed E-state index contributed by atoms with van der Waals surface area (Å²) in [7, 11) is 0. The molecule has 1 aromatic rings. The van der Waals surface area contributed by atoms with Gasteiger partial charge in [0.1, 0.15) is 0 Å². The summed E-state index contributed by atoms with van der Waals surface area (Å²) >= 11 is 7.01. The standard InChI is InChI=1S/C10H9Br2N/c11-7-3-4-9(12)8(6-7)10-2-1-5-13-10/h2-4,6,13H,1,5H2. The quantitative estimate of drug-likeness (QED) is 0.836. The zero-order valence-corrected chi connectivity index (χ0v) is 10.2. The molecule has 0 bridgehead atoms. The van der Waals surface area contributed by atoms with Gasteiger partial charge in [0.25, 0.3) is 0 Å². The van der Waals surface area contributed by atoms with E-state index < -0.39 is 0 Å². The number of hydrogen-bond donors (Lipinski definition) is 1. The SMILES string of the molecule is Brc1ccc(Br)c(C2=CCCN2)c1. The molecule has 0 aromatic heterocycles. The summed E-state index contributed by atoms with van der Waals surface area (Å²) < 4.78 is 2.25. The Morgan fingerprint density at radius 3 is 2.77 bits per heavy atom. The van der Waals surface area contributed by atoms with Crippen LogP contribution in [-0.2, 0) is 0 Å². The van der Waals surface area contributed by atoms with Crippen molar-refractivity contribution in [2.75, 3.05) is 6.54 Å². The normalized spacial score (nSPS) is 15.4. The van der Waals surface area contributed by atoms with Gasteiger partial charge in [-0.2, -0.15) is 0 Å².